The molecule has 80 valence electrons. The minimum atomic E-state index is 0.851. The molecule has 0 radical (unpaired) electrons. The van der Waals surface area contributed by atoms with Crippen molar-refractivity contribution >= 4 is 16.3 Å². The van der Waals surface area contributed by atoms with E-state index in [1.54, 1.807) is 15.9 Å². The maximum atomic E-state index is 4.44. The lowest BCUT2D eigenvalue weighted by molar-refractivity contribution is 0.630. The van der Waals surface area contributed by atoms with Crippen LogP contribution >= 0.6 is 11.3 Å². The highest BCUT2D eigenvalue weighted by atomic mass is 32.1. The number of aryl methyl sites for hydroxylation is 1. The van der Waals surface area contributed by atoms with Crippen LogP contribution in [0, 0.1) is 12.8 Å². The molecule has 0 saturated heterocycles. The number of aromatic nitrogens is 4. The molecule has 0 aliphatic heterocycles. The van der Waals surface area contributed by atoms with E-state index < -0.39 is 0 Å². The molecule has 6 heteroatoms. The highest BCUT2D eigenvalue weighted by Crippen LogP contribution is 2.27. The fourth-order valence-corrected chi connectivity index (χ4v) is 2.38. The summed E-state index contributed by atoms with van der Waals surface area (Å²) in [7, 11) is 0. The van der Waals surface area contributed by atoms with Gasteiger partial charge in [0.15, 0.2) is 5.82 Å². The number of nitrogens with one attached hydrogen (secondary N) is 1. The van der Waals surface area contributed by atoms with E-state index in [4.69, 9.17) is 0 Å². The van der Waals surface area contributed by atoms with Gasteiger partial charge in [0.1, 0.15) is 5.01 Å². The van der Waals surface area contributed by atoms with Gasteiger partial charge < -0.3 is 5.32 Å². The lowest BCUT2D eigenvalue weighted by atomic mass is 10.4. The van der Waals surface area contributed by atoms with E-state index in [1.165, 1.54) is 12.8 Å². The Hall–Kier alpha value is -1.01. The maximum absolute atomic E-state index is 4.44. The molecular weight excluding hydrogens is 210 g/mol. The third kappa shape index (κ3) is 1.87. The molecule has 1 N–H and O–H groups in total. The van der Waals surface area contributed by atoms with Gasteiger partial charge >= 0.3 is 0 Å². The molecule has 1 aliphatic carbocycles. The summed E-state index contributed by atoms with van der Waals surface area (Å²) in [5.41, 5.74) is 0. The minimum Gasteiger partial charge on any atom is -0.310 e. The highest BCUT2D eigenvalue weighted by Gasteiger charge is 2.20. The Kier molecular flexibility index (Phi) is 2.17. The zero-order valence-corrected chi connectivity index (χ0v) is 9.42. The molecule has 0 amide bonds. The summed E-state index contributed by atoms with van der Waals surface area (Å²) in [5, 5.41) is 16.9. The van der Waals surface area contributed by atoms with E-state index >= 15 is 0 Å². The number of hydrogen-bond donors (Lipinski definition) is 1. The minimum absolute atomic E-state index is 0.851. The molecule has 1 fully saturated rings. The van der Waals surface area contributed by atoms with Crippen LogP contribution in [0.5, 0.6) is 0 Å². The van der Waals surface area contributed by atoms with Gasteiger partial charge in [0, 0.05) is 6.54 Å². The maximum Gasteiger partial charge on any atom is 0.234 e. The molecule has 5 nitrogen and oxygen atoms in total. The van der Waals surface area contributed by atoms with Gasteiger partial charge in [-0.2, -0.15) is 9.61 Å². The van der Waals surface area contributed by atoms with Gasteiger partial charge in [-0.1, -0.05) is 11.3 Å². The molecular formula is C9H13N5S. The van der Waals surface area contributed by atoms with Gasteiger partial charge in [-0.05, 0) is 32.2 Å². The molecule has 2 aromatic rings. The molecule has 0 aromatic carbocycles. The van der Waals surface area contributed by atoms with E-state index in [9.17, 15) is 0 Å². The monoisotopic (exact) mass is 223 g/mol. The third-order valence-corrected chi connectivity index (χ3v) is 3.49. The second-order valence-corrected chi connectivity index (χ2v) is 5.05. The normalized spacial score (nSPS) is 16.3. The SMILES string of the molecule is Cc1nnc2sc(CNCC3CC3)nn12. The zero-order valence-electron chi connectivity index (χ0n) is 8.60. The molecule has 15 heavy (non-hydrogen) atoms. The topological polar surface area (TPSA) is 55.1 Å². The van der Waals surface area contributed by atoms with Crippen molar-refractivity contribution in [3.63, 3.8) is 0 Å². The smallest absolute Gasteiger partial charge is 0.234 e. The molecule has 2 aromatic heterocycles. The van der Waals surface area contributed by atoms with E-state index in [2.05, 4.69) is 20.6 Å². The van der Waals surface area contributed by atoms with Crippen LogP contribution in [-0.2, 0) is 6.54 Å². The van der Waals surface area contributed by atoms with Gasteiger partial charge in [0.25, 0.3) is 0 Å². The van der Waals surface area contributed by atoms with Crippen LogP contribution in [0.15, 0.2) is 0 Å². The van der Waals surface area contributed by atoms with Gasteiger partial charge in [-0.15, -0.1) is 10.2 Å². The van der Waals surface area contributed by atoms with Gasteiger partial charge in [0.05, 0.1) is 0 Å². The van der Waals surface area contributed by atoms with Gasteiger partial charge in [0.2, 0.25) is 4.96 Å². The first-order chi connectivity index (χ1) is 7.33. The van der Waals surface area contributed by atoms with E-state index in [1.807, 2.05) is 6.92 Å². The van der Waals surface area contributed by atoms with Crippen molar-refractivity contribution in [3.8, 4) is 0 Å². The second-order valence-electron chi connectivity index (χ2n) is 4.01. The predicted molar refractivity (Wildman–Crippen MR) is 57.8 cm³/mol. The number of nitrogens with zero attached hydrogens (tertiary/aromatic N) is 4. The zero-order chi connectivity index (χ0) is 10.3. The van der Waals surface area contributed by atoms with Crippen molar-refractivity contribution in [1.29, 1.82) is 0 Å². The fraction of sp³-hybridized carbons (Fsp3) is 0.667. The van der Waals surface area contributed by atoms with Crippen molar-refractivity contribution in [2.75, 3.05) is 6.54 Å². The van der Waals surface area contributed by atoms with Gasteiger partial charge in [-0.25, -0.2) is 0 Å². The summed E-state index contributed by atoms with van der Waals surface area (Å²) in [6.45, 7) is 3.89. The van der Waals surface area contributed by atoms with Crippen LogP contribution in [0.3, 0.4) is 0 Å². The summed E-state index contributed by atoms with van der Waals surface area (Å²) in [6, 6.07) is 0. The third-order valence-electron chi connectivity index (χ3n) is 2.59. The van der Waals surface area contributed by atoms with Crippen LogP contribution in [0.25, 0.3) is 4.96 Å². The first-order valence-electron chi connectivity index (χ1n) is 5.21. The Morgan fingerprint density at radius 2 is 2.33 bits per heavy atom. The van der Waals surface area contributed by atoms with Gasteiger partial charge in [-0.3, -0.25) is 0 Å². The predicted octanol–water partition coefficient (Wildman–Crippen LogP) is 0.994. The quantitative estimate of drug-likeness (QED) is 0.840. The average molecular weight is 223 g/mol. The molecule has 0 bridgehead atoms. The molecule has 0 unspecified atom stereocenters. The summed E-state index contributed by atoms with van der Waals surface area (Å²) in [6.07, 6.45) is 2.77. The number of rotatable bonds is 4. The standard InChI is InChI=1S/C9H13N5S/c1-6-11-12-9-14(6)13-8(15-9)5-10-4-7-2-3-7/h7,10H,2-5H2,1H3. The Bertz CT molecular complexity index is 470. The largest absolute Gasteiger partial charge is 0.310 e. The fourth-order valence-electron chi connectivity index (χ4n) is 1.53. The average Bonchev–Trinajstić information content (AvgIpc) is 2.85. The highest BCUT2D eigenvalue weighted by molar-refractivity contribution is 7.16. The number of hydrogen-bond acceptors (Lipinski definition) is 5. The molecule has 3 rings (SSSR count). The Morgan fingerprint density at radius 1 is 1.47 bits per heavy atom. The molecule has 1 aliphatic rings. The first-order valence-corrected chi connectivity index (χ1v) is 6.03. The number of fused-ring (bicyclic) bond motifs is 1. The molecule has 1 saturated carbocycles. The lowest BCUT2D eigenvalue weighted by Gasteiger charge is -1.98. The Labute approximate surface area is 91.5 Å². The summed E-state index contributed by atoms with van der Waals surface area (Å²) >= 11 is 1.61. The Balaban J connectivity index is 1.68. The van der Waals surface area contributed by atoms with E-state index in [-0.39, 0.29) is 0 Å². The van der Waals surface area contributed by atoms with E-state index in [0.717, 1.165) is 34.8 Å². The van der Waals surface area contributed by atoms with E-state index in [0.29, 0.717) is 0 Å². The first kappa shape index (κ1) is 9.23. The summed E-state index contributed by atoms with van der Waals surface area (Å²) < 4.78 is 1.80. The van der Waals surface area contributed by atoms with Crippen molar-refractivity contribution < 1.29 is 0 Å². The van der Waals surface area contributed by atoms with Crippen LogP contribution < -0.4 is 5.32 Å². The summed E-state index contributed by atoms with van der Waals surface area (Å²) in [5.74, 6) is 1.77. The van der Waals surface area contributed by atoms with Crippen molar-refractivity contribution in [2.45, 2.75) is 26.3 Å². The van der Waals surface area contributed by atoms with Crippen LogP contribution in [0.2, 0.25) is 0 Å². The van der Waals surface area contributed by atoms with Crippen molar-refractivity contribution in [3.05, 3.63) is 10.8 Å². The summed E-state index contributed by atoms with van der Waals surface area (Å²) in [4.78, 5) is 0.885. The van der Waals surface area contributed by atoms with Crippen LogP contribution in [-0.4, -0.2) is 26.4 Å². The van der Waals surface area contributed by atoms with Crippen LogP contribution in [0.1, 0.15) is 23.7 Å². The lowest BCUT2D eigenvalue weighted by Crippen LogP contribution is -2.16. The van der Waals surface area contributed by atoms with Crippen molar-refractivity contribution in [2.24, 2.45) is 5.92 Å². The Morgan fingerprint density at radius 3 is 3.07 bits per heavy atom. The van der Waals surface area contributed by atoms with Crippen LogP contribution in [0.4, 0.5) is 0 Å². The second kappa shape index (κ2) is 3.53. The van der Waals surface area contributed by atoms with Crippen molar-refractivity contribution in [1.82, 2.24) is 25.1 Å². The molecule has 0 spiro atoms. The molecule has 0 atom stereocenters. The molecule has 2 heterocycles.